The van der Waals surface area contributed by atoms with Gasteiger partial charge in [0.2, 0.25) is 0 Å². The maximum absolute atomic E-state index is 4.51. The van der Waals surface area contributed by atoms with Gasteiger partial charge in [0.05, 0.1) is 0 Å². The zero-order valence-corrected chi connectivity index (χ0v) is 7.38. The second kappa shape index (κ2) is 2.50. The van der Waals surface area contributed by atoms with Gasteiger partial charge in [-0.1, -0.05) is 0 Å². The molecule has 0 aromatic rings. The lowest BCUT2D eigenvalue weighted by molar-refractivity contribution is 0.430. The van der Waals surface area contributed by atoms with Crippen molar-refractivity contribution >= 4 is 5.71 Å². The van der Waals surface area contributed by atoms with Crippen molar-refractivity contribution in [1.29, 1.82) is 0 Å². The SMILES string of the molecule is CN(C)/N=C1\C[C@H]2CC[C@@H]1C2. The van der Waals surface area contributed by atoms with E-state index in [1.807, 2.05) is 19.1 Å². The molecule has 62 valence electrons. The van der Waals surface area contributed by atoms with E-state index in [0.717, 1.165) is 11.8 Å². The van der Waals surface area contributed by atoms with Crippen molar-refractivity contribution in [3.05, 3.63) is 0 Å². The minimum Gasteiger partial charge on any atom is -0.303 e. The molecular weight excluding hydrogens is 136 g/mol. The number of fused-ring (bicyclic) bond motifs is 2. The number of hydrogen-bond acceptors (Lipinski definition) is 2. The van der Waals surface area contributed by atoms with Gasteiger partial charge in [-0.25, -0.2) is 0 Å². The first-order valence-electron chi connectivity index (χ1n) is 4.50. The average Bonchev–Trinajstić information content (AvgIpc) is 2.45. The summed E-state index contributed by atoms with van der Waals surface area (Å²) in [4.78, 5) is 0. The summed E-state index contributed by atoms with van der Waals surface area (Å²) in [6.07, 6.45) is 5.56. The van der Waals surface area contributed by atoms with Crippen LogP contribution in [0.4, 0.5) is 0 Å². The molecule has 0 aromatic heterocycles. The summed E-state index contributed by atoms with van der Waals surface area (Å²) in [5.41, 5.74) is 1.46. The summed E-state index contributed by atoms with van der Waals surface area (Å²) in [5, 5.41) is 6.45. The van der Waals surface area contributed by atoms with Crippen molar-refractivity contribution in [2.75, 3.05) is 14.1 Å². The predicted molar refractivity (Wildman–Crippen MR) is 46.6 cm³/mol. The molecule has 2 heteroatoms. The van der Waals surface area contributed by atoms with Crippen LogP contribution in [0, 0.1) is 11.8 Å². The van der Waals surface area contributed by atoms with Crippen molar-refractivity contribution in [3.8, 4) is 0 Å². The monoisotopic (exact) mass is 152 g/mol. The largest absolute Gasteiger partial charge is 0.303 e. The lowest BCUT2D eigenvalue weighted by Crippen LogP contribution is -2.14. The Hall–Kier alpha value is -0.530. The van der Waals surface area contributed by atoms with Crippen molar-refractivity contribution in [1.82, 2.24) is 5.01 Å². The van der Waals surface area contributed by atoms with E-state index in [9.17, 15) is 0 Å². The molecule has 0 amide bonds. The molecule has 0 aliphatic heterocycles. The highest BCUT2D eigenvalue weighted by molar-refractivity contribution is 5.89. The highest BCUT2D eigenvalue weighted by Crippen LogP contribution is 2.42. The summed E-state index contributed by atoms with van der Waals surface area (Å²) in [6.45, 7) is 0. The molecule has 0 aromatic carbocycles. The van der Waals surface area contributed by atoms with Gasteiger partial charge in [-0.2, -0.15) is 5.10 Å². The molecule has 0 saturated heterocycles. The molecule has 2 aliphatic rings. The fraction of sp³-hybridized carbons (Fsp3) is 0.889. The number of hydrazone groups is 1. The molecule has 0 heterocycles. The summed E-state index contributed by atoms with van der Waals surface area (Å²) >= 11 is 0. The van der Waals surface area contributed by atoms with Gasteiger partial charge in [-0.05, 0) is 37.5 Å². The Morgan fingerprint density at radius 1 is 1.36 bits per heavy atom. The normalized spacial score (nSPS) is 38.5. The summed E-state index contributed by atoms with van der Waals surface area (Å²) in [6, 6.07) is 0. The van der Waals surface area contributed by atoms with Crippen LogP contribution in [-0.4, -0.2) is 24.8 Å². The summed E-state index contributed by atoms with van der Waals surface area (Å²) in [7, 11) is 4.03. The number of hydrogen-bond donors (Lipinski definition) is 0. The quantitative estimate of drug-likeness (QED) is 0.522. The van der Waals surface area contributed by atoms with Gasteiger partial charge in [0.1, 0.15) is 0 Å². The third-order valence-electron chi connectivity index (χ3n) is 2.84. The van der Waals surface area contributed by atoms with Crippen LogP contribution in [0.2, 0.25) is 0 Å². The van der Waals surface area contributed by atoms with Crippen LogP contribution in [0.3, 0.4) is 0 Å². The van der Waals surface area contributed by atoms with Gasteiger partial charge in [0.25, 0.3) is 0 Å². The van der Waals surface area contributed by atoms with Crippen LogP contribution < -0.4 is 0 Å². The highest BCUT2D eigenvalue weighted by atomic mass is 15.4. The molecule has 2 rings (SSSR count). The topological polar surface area (TPSA) is 15.6 Å². The Bertz CT molecular complexity index is 184. The molecule has 2 aliphatic carbocycles. The van der Waals surface area contributed by atoms with E-state index in [4.69, 9.17) is 0 Å². The van der Waals surface area contributed by atoms with Gasteiger partial charge in [0, 0.05) is 19.8 Å². The lowest BCUT2D eigenvalue weighted by Gasteiger charge is -2.14. The average molecular weight is 152 g/mol. The minimum absolute atomic E-state index is 0.849. The predicted octanol–water partition coefficient (Wildman–Crippen LogP) is 1.72. The van der Waals surface area contributed by atoms with Crippen molar-refractivity contribution in [2.45, 2.75) is 25.7 Å². The van der Waals surface area contributed by atoms with Crippen LogP contribution in [0.25, 0.3) is 0 Å². The van der Waals surface area contributed by atoms with Crippen molar-refractivity contribution in [3.63, 3.8) is 0 Å². The van der Waals surface area contributed by atoms with E-state index in [1.54, 1.807) is 0 Å². The fourth-order valence-corrected chi connectivity index (χ4v) is 2.40. The van der Waals surface area contributed by atoms with Crippen LogP contribution in [0.5, 0.6) is 0 Å². The van der Waals surface area contributed by atoms with Crippen molar-refractivity contribution < 1.29 is 0 Å². The Labute approximate surface area is 68.3 Å². The van der Waals surface area contributed by atoms with Gasteiger partial charge in [-0.3, -0.25) is 0 Å². The van der Waals surface area contributed by atoms with Gasteiger partial charge >= 0.3 is 0 Å². The summed E-state index contributed by atoms with van der Waals surface area (Å²) < 4.78 is 0. The maximum Gasteiger partial charge on any atom is 0.0414 e. The lowest BCUT2D eigenvalue weighted by atomic mass is 9.99. The molecule has 2 nitrogen and oxygen atoms in total. The molecule has 0 radical (unpaired) electrons. The van der Waals surface area contributed by atoms with Crippen LogP contribution >= 0.6 is 0 Å². The first kappa shape index (κ1) is 7.14. The molecule has 0 N–H and O–H groups in total. The molecule has 0 unspecified atom stereocenters. The number of nitrogens with zero attached hydrogens (tertiary/aromatic N) is 2. The van der Waals surface area contributed by atoms with Crippen molar-refractivity contribution in [2.24, 2.45) is 16.9 Å². The first-order chi connectivity index (χ1) is 5.25. The molecule has 0 spiro atoms. The van der Waals surface area contributed by atoms with E-state index in [-0.39, 0.29) is 0 Å². The second-order valence-corrected chi connectivity index (χ2v) is 4.02. The number of rotatable bonds is 1. The fourth-order valence-electron chi connectivity index (χ4n) is 2.40. The van der Waals surface area contributed by atoms with Gasteiger partial charge in [-0.15, -0.1) is 0 Å². The zero-order valence-electron chi connectivity index (χ0n) is 7.38. The molecule has 2 bridgehead atoms. The van der Waals surface area contributed by atoms with E-state index in [0.29, 0.717) is 0 Å². The van der Waals surface area contributed by atoms with E-state index in [1.165, 1.54) is 31.4 Å². The third-order valence-corrected chi connectivity index (χ3v) is 2.84. The highest BCUT2D eigenvalue weighted by Gasteiger charge is 2.36. The second-order valence-electron chi connectivity index (χ2n) is 4.02. The first-order valence-corrected chi connectivity index (χ1v) is 4.50. The molecule has 2 saturated carbocycles. The minimum atomic E-state index is 0.849. The zero-order chi connectivity index (χ0) is 7.84. The Morgan fingerprint density at radius 2 is 2.18 bits per heavy atom. The van der Waals surface area contributed by atoms with Crippen LogP contribution in [-0.2, 0) is 0 Å². The summed E-state index contributed by atoms with van der Waals surface area (Å²) in [5.74, 6) is 1.83. The Kier molecular flexibility index (Phi) is 1.63. The standard InChI is InChI=1S/C9H16N2/c1-11(2)10-9-6-7-3-4-8(9)5-7/h7-8H,3-6H2,1-2H3/b10-9+/t7-,8+/m0/s1. The Morgan fingerprint density at radius 3 is 2.64 bits per heavy atom. The molecular formula is C9H16N2. The molecule has 2 fully saturated rings. The smallest absolute Gasteiger partial charge is 0.0414 e. The van der Waals surface area contributed by atoms with Gasteiger partial charge in [0.15, 0.2) is 0 Å². The molecule has 11 heavy (non-hydrogen) atoms. The van der Waals surface area contributed by atoms with Crippen LogP contribution in [0.15, 0.2) is 5.10 Å². The van der Waals surface area contributed by atoms with Gasteiger partial charge < -0.3 is 5.01 Å². The third kappa shape index (κ3) is 1.26. The van der Waals surface area contributed by atoms with Crippen LogP contribution in [0.1, 0.15) is 25.7 Å². The maximum atomic E-state index is 4.51. The Balaban J connectivity index is 2.07. The molecule has 2 atom stereocenters. The van der Waals surface area contributed by atoms with E-state index in [2.05, 4.69) is 5.10 Å². The van der Waals surface area contributed by atoms with E-state index >= 15 is 0 Å². The van der Waals surface area contributed by atoms with E-state index < -0.39 is 0 Å².